The highest BCUT2D eigenvalue weighted by Gasteiger charge is 2.45. The number of ether oxygens (including phenoxy) is 2. The van der Waals surface area contributed by atoms with Crippen LogP contribution in [0, 0.1) is 0 Å². The predicted molar refractivity (Wildman–Crippen MR) is 161 cm³/mol. The van der Waals surface area contributed by atoms with Crippen molar-refractivity contribution < 1.29 is 29.3 Å². The Morgan fingerprint density at radius 1 is 1.11 bits per heavy atom. The summed E-state index contributed by atoms with van der Waals surface area (Å²) in [6, 6.07) is 7.26. The summed E-state index contributed by atoms with van der Waals surface area (Å²) in [5, 5.41) is 22.8. The number of esters is 1. The third-order valence-corrected chi connectivity index (χ3v) is 10.0. The summed E-state index contributed by atoms with van der Waals surface area (Å²) in [4.78, 5) is 48.0. The predicted octanol–water partition coefficient (Wildman–Crippen LogP) is 3.41. The van der Waals surface area contributed by atoms with Gasteiger partial charge in [0, 0.05) is 35.5 Å². The van der Waals surface area contributed by atoms with Crippen molar-refractivity contribution in [3.63, 3.8) is 0 Å². The second-order valence-electron chi connectivity index (χ2n) is 12.4. The number of rotatable bonds is 4. The van der Waals surface area contributed by atoms with Crippen molar-refractivity contribution in [3.8, 4) is 17.1 Å². The van der Waals surface area contributed by atoms with Gasteiger partial charge in [-0.1, -0.05) is 20.3 Å². The fourth-order valence-corrected chi connectivity index (χ4v) is 7.52. The molecule has 0 saturated carbocycles. The van der Waals surface area contributed by atoms with Gasteiger partial charge in [0.15, 0.2) is 5.60 Å². The van der Waals surface area contributed by atoms with Crippen molar-refractivity contribution in [1.82, 2.24) is 19.4 Å². The van der Waals surface area contributed by atoms with Crippen molar-refractivity contribution >= 4 is 23.0 Å². The highest BCUT2D eigenvalue weighted by Crippen LogP contribution is 2.41. The number of nitrogens with zero attached hydrogens (tertiary/aromatic N) is 4. The Balaban J connectivity index is 1.17. The topological polar surface area (TPSA) is 134 Å². The maximum Gasteiger partial charge on any atom is 0.417 e. The zero-order valence-electron chi connectivity index (χ0n) is 25.2. The van der Waals surface area contributed by atoms with E-state index in [1.165, 1.54) is 24.2 Å². The molecule has 2 N–H and O–H groups in total. The van der Waals surface area contributed by atoms with Crippen molar-refractivity contribution in [2.24, 2.45) is 0 Å². The molecular formula is C33H38N4O7. The van der Waals surface area contributed by atoms with Crippen LogP contribution in [0.15, 0.2) is 29.1 Å². The van der Waals surface area contributed by atoms with Crippen LogP contribution in [0.25, 0.3) is 22.3 Å². The number of hydrogen-bond acceptors (Lipinski definition) is 9. The van der Waals surface area contributed by atoms with Gasteiger partial charge in [0.1, 0.15) is 18.6 Å². The highest BCUT2D eigenvalue weighted by molar-refractivity contribution is 5.90. The molecule has 2 aromatic heterocycles. The fourth-order valence-electron chi connectivity index (χ4n) is 7.52. The SMILES string of the molecule is CCc1c2c(nc3ccc(OC(=O)N4CC[C@@H](N5CCCCC5)C[C@H]4O)cc13)-c1cc3c(c(=O)n1C2)COC(=O)[C@]3(O)CC. The molecular weight excluding hydrogens is 564 g/mol. The quantitative estimate of drug-likeness (QED) is 0.337. The van der Waals surface area contributed by atoms with Gasteiger partial charge in [-0.2, -0.15) is 0 Å². The molecule has 44 heavy (non-hydrogen) atoms. The number of likely N-dealkylation sites (tertiary alicyclic amines) is 2. The number of carbonyl (C=O) groups excluding carboxylic acids is 2. The molecule has 11 nitrogen and oxygen atoms in total. The Kier molecular flexibility index (Phi) is 7.22. The second-order valence-corrected chi connectivity index (χ2v) is 12.4. The van der Waals surface area contributed by atoms with Crippen LogP contribution in [0.5, 0.6) is 5.75 Å². The Hall–Kier alpha value is -3.80. The number of pyridine rings is 2. The molecule has 0 radical (unpaired) electrons. The van der Waals surface area contributed by atoms with Crippen LogP contribution in [-0.2, 0) is 34.7 Å². The number of hydrogen-bond donors (Lipinski definition) is 2. The molecule has 2 saturated heterocycles. The van der Waals surface area contributed by atoms with E-state index in [-0.39, 0.29) is 35.8 Å². The fraction of sp³-hybridized carbons (Fsp3) is 0.515. The molecule has 0 spiro atoms. The van der Waals surface area contributed by atoms with Crippen LogP contribution < -0.4 is 10.3 Å². The van der Waals surface area contributed by atoms with Gasteiger partial charge in [-0.3, -0.25) is 9.69 Å². The van der Waals surface area contributed by atoms with Crippen LogP contribution in [0.2, 0.25) is 0 Å². The van der Waals surface area contributed by atoms with Gasteiger partial charge in [0.05, 0.1) is 29.0 Å². The highest BCUT2D eigenvalue weighted by atomic mass is 16.6. The van der Waals surface area contributed by atoms with Crippen LogP contribution >= 0.6 is 0 Å². The lowest BCUT2D eigenvalue weighted by molar-refractivity contribution is -0.172. The van der Waals surface area contributed by atoms with Crippen molar-refractivity contribution in [3.05, 3.63) is 56.9 Å². The Morgan fingerprint density at radius 2 is 1.91 bits per heavy atom. The number of aromatic nitrogens is 2. The van der Waals surface area contributed by atoms with E-state index in [0.717, 1.165) is 36.0 Å². The average molecular weight is 603 g/mol. The van der Waals surface area contributed by atoms with E-state index in [9.17, 15) is 24.6 Å². The van der Waals surface area contributed by atoms with Crippen molar-refractivity contribution in [1.29, 1.82) is 0 Å². The van der Waals surface area contributed by atoms with Crippen molar-refractivity contribution in [2.45, 2.75) is 89.8 Å². The van der Waals surface area contributed by atoms with E-state index >= 15 is 0 Å². The smallest absolute Gasteiger partial charge is 0.417 e. The summed E-state index contributed by atoms with van der Waals surface area (Å²) >= 11 is 0. The lowest BCUT2D eigenvalue weighted by Gasteiger charge is -2.42. The molecule has 4 aliphatic rings. The van der Waals surface area contributed by atoms with Gasteiger partial charge in [0.25, 0.3) is 5.56 Å². The van der Waals surface area contributed by atoms with Crippen LogP contribution in [0.4, 0.5) is 4.79 Å². The first kappa shape index (κ1) is 28.9. The molecule has 0 aliphatic carbocycles. The van der Waals surface area contributed by atoms with E-state index in [4.69, 9.17) is 14.5 Å². The molecule has 2 fully saturated rings. The van der Waals surface area contributed by atoms with Gasteiger partial charge in [-0.25, -0.2) is 14.6 Å². The first-order chi connectivity index (χ1) is 21.2. The summed E-state index contributed by atoms with van der Waals surface area (Å²) < 4.78 is 12.6. The summed E-state index contributed by atoms with van der Waals surface area (Å²) in [5.41, 5.74) is 2.09. The van der Waals surface area contributed by atoms with Gasteiger partial charge in [0.2, 0.25) is 0 Å². The van der Waals surface area contributed by atoms with E-state index in [1.807, 2.05) is 6.92 Å². The number of aryl methyl sites for hydroxylation is 1. The Labute approximate surface area is 255 Å². The first-order valence-electron chi connectivity index (χ1n) is 15.8. The van der Waals surface area contributed by atoms with Crippen LogP contribution in [0.3, 0.4) is 0 Å². The molecule has 0 bridgehead atoms. The summed E-state index contributed by atoms with van der Waals surface area (Å²) in [5.74, 6) is -0.395. The van der Waals surface area contributed by atoms with Gasteiger partial charge in [-0.15, -0.1) is 0 Å². The van der Waals surface area contributed by atoms with Crippen LogP contribution in [0.1, 0.15) is 74.6 Å². The lowest BCUT2D eigenvalue weighted by Crippen LogP contribution is -2.53. The Morgan fingerprint density at radius 3 is 2.64 bits per heavy atom. The number of amides is 1. The standard InChI is InChI=1S/C33H38N4O7/c1-3-21-22-15-20(44-32(41)36-13-10-19(14-28(36)38)35-11-6-5-7-12-35)8-9-26(22)34-29-23(21)17-37-27(29)16-25-24(30(37)39)18-43-31(40)33(25,42)4-2/h8-9,15-16,19,28,38,42H,3-7,10-14,17-18H2,1-2H3/t19-,28-,33+/m1/s1. The minimum Gasteiger partial charge on any atom is -0.458 e. The van der Waals surface area contributed by atoms with E-state index in [0.29, 0.717) is 48.6 Å². The molecule has 3 aromatic rings. The number of piperidine rings is 2. The number of fused-ring (bicyclic) bond motifs is 5. The number of aliphatic hydroxyl groups is 2. The first-order valence-corrected chi connectivity index (χ1v) is 15.8. The molecule has 3 atom stereocenters. The Bertz CT molecular complexity index is 1730. The molecule has 1 amide bonds. The average Bonchev–Trinajstić information content (AvgIpc) is 3.40. The molecule has 7 rings (SSSR count). The minimum absolute atomic E-state index is 0.0783. The van der Waals surface area contributed by atoms with E-state index in [2.05, 4.69) is 4.90 Å². The monoisotopic (exact) mass is 602 g/mol. The number of benzene rings is 1. The molecule has 1 aromatic carbocycles. The normalized spacial score (nSPS) is 24.9. The third kappa shape index (κ3) is 4.52. The summed E-state index contributed by atoms with van der Waals surface area (Å²) in [6.07, 6.45) is 4.19. The summed E-state index contributed by atoms with van der Waals surface area (Å²) in [7, 11) is 0. The second kappa shape index (κ2) is 11.0. The third-order valence-electron chi connectivity index (χ3n) is 10.0. The molecule has 11 heteroatoms. The maximum absolute atomic E-state index is 13.6. The zero-order valence-corrected chi connectivity index (χ0v) is 25.2. The molecule has 6 heterocycles. The van der Waals surface area contributed by atoms with Gasteiger partial charge >= 0.3 is 12.1 Å². The largest absolute Gasteiger partial charge is 0.458 e. The zero-order chi connectivity index (χ0) is 30.7. The van der Waals surface area contributed by atoms with Gasteiger partial charge < -0.3 is 29.2 Å². The number of cyclic esters (lactones) is 1. The molecule has 0 unspecified atom stereocenters. The van der Waals surface area contributed by atoms with Crippen molar-refractivity contribution in [2.75, 3.05) is 19.6 Å². The summed E-state index contributed by atoms with van der Waals surface area (Å²) in [6.45, 7) is 6.35. The maximum atomic E-state index is 13.6. The molecule has 4 aliphatic heterocycles. The van der Waals surface area contributed by atoms with Crippen LogP contribution in [-0.4, -0.2) is 73.5 Å². The van der Waals surface area contributed by atoms with Gasteiger partial charge in [-0.05, 0) is 75.0 Å². The molecule has 232 valence electrons. The number of aliphatic hydroxyl groups excluding tert-OH is 1. The van der Waals surface area contributed by atoms with E-state index in [1.54, 1.807) is 35.8 Å². The minimum atomic E-state index is -1.88. The number of carbonyl (C=O) groups is 2. The van der Waals surface area contributed by atoms with E-state index < -0.39 is 23.9 Å². The lowest BCUT2D eigenvalue weighted by atomic mass is 9.86.